The van der Waals surface area contributed by atoms with Crippen LogP contribution in [-0.2, 0) is 16.0 Å². The van der Waals surface area contributed by atoms with Crippen LogP contribution >= 0.6 is 0 Å². The average Bonchev–Trinajstić information content (AvgIpc) is 2.66. The maximum atomic E-state index is 13.2. The van der Waals surface area contributed by atoms with Gasteiger partial charge in [0.2, 0.25) is 5.91 Å². The fraction of sp³-hybridized carbons (Fsp3) is 0.368. The molecule has 1 aliphatic rings. The maximum Gasteiger partial charge on any atom is 0.223 e. The zero-order chi connectivity index (χ0) is 17.6. The molecule has 0 radical (unpaired) electrons. The van der Waals surface area contributed by atoms with Crippen LogP contribution in [0.4, 0.5) is 10.2 Å². The number of ether oxygens (including phenoxy) is 1. The lowest BCUT2D eigenvalue weighted by Gasteiger charge is -2.33. The van der Waals surface area contributed by atoms with Gasteiger partial charge >= 0.3 is 0 Å². The SMILES string of the molecule is CNc1cccc([C@H]2CN(C(=O)CCc3cccc(F)c3)CCO2)n1. The second-order valence-corrected chi connectivity index (χ2v) is 6.03. The average molecular weight is 343 g/mol. The molecule has 0 bridgehead atoms. The molecule has 0 saturated carbocycles. The van der Waals surface area contributed by atoms with Gasteiger partial charge in [-0.3, -0.25) is 4.79 Å². The zero-order valence-electron chi connectivity index (χ0n) is 14.2. The Morgan fingerprint density at radius 1 is 1.36 bits per heavy atom. The molecule has 1 aromatic heterocycles. The summed E-state index contributed by atoms with van der Waals surface area (Å²) in [6, 6.07) is 12.1. The number of halogens is 1. The Balaban J connectivity index is 1.59. The van der Waals surface area contributed by atoms with E-state index in [1.807, 2.05) is 31.3 Å². The van der Waals surface area contributed by atoms with Crippen molar-refractivity contribution in [3.05, 3.63) is 59.5 Å². The predicted molar refractivity (Wildman–Crippen MR) is 93.8 cm³/mol. The molecule has 2 heterocycles. The third-order valence-corrected chi connectivity index (χ3v) is 4.29. The maximum absolute atomic E-state index is 13.2. The highest BCUT2D eigenvalue weighted by molar-refractivity contribution is 5.76. The normalized spacial score (nSPS) is 17.4. The highest BCUT2D eigenvalue weighted by atomic mass is 19.1. The van der Waals surface area contributed by atoms with Crippen molar-refractivity contribution in [2.45, 2.75) is 18.9 Å². The first-order valence-corrected chi connectivity index (χ1v) is 8.44. The number of morpholine rings is 1. The minimum Gasteiger partial charge on any atom is -0.373 e. The Morgan fingerprint density at radius 3 is 3.00 bits per heavy atom. The highest BCUT2D eigenvalue weighted by Gasteiger charge is 2.26. The Labute approximate surface area is 146 Å². The van der Waals surface area contributed by atoms with E-state index >= 15 is 0 Å². The first-order chi connectivity index (χ1) is 12.2. The van der Waals surface area contributed by atoms with Gasteiger partial charge in [0, 0.05) is 20.0 Å². The molecular formula is C19H22FN3O2. The molecule has 0 aliphatic carbocycles. The van der Waals surface area contributed by atoms with Gasteiger partial charge in [0.25, 0.3) is 0 Å². The van der Waals surface area contributed by atoms with Gasteiger partial charge in [0.15, 0.2) is 0 Å². The summed E-state index contributed by atoms with van der Waals surface area (Å²) in [6.07, 6.45) is 0.673. The third-order valence-electron chi connectivity index (χ3n) is 4.29. The number of rotatable bonds is 5. The molecule has 3 rings (SSSR count). The number of amides is 1. The summed E-state index contributed by atoms with van der Waals surface area (Å²) in [4.78, 5) is 18.8. The van der Waals surface area contributed by atoms with Crippen molar-refractivity contribution in [2.75, 3.05) is 32.1 Å². The van der Waals surface area contributed by atoms with Crippen LogP contribution in [0.2, 0.25) is 0 Å². The number of hydrogen-bond donors (Lipinski definition) is 1. The van der Waals surface area contributed by atoms with E-state index in [1.54, 1.807) is 11.0 Å². The number of aromatic nitrogens is 1. The minimum atomic E-state index is -0.271. The Hall–Kier alpha value is -2.47. The summed E-state index contributed by atoms with van der Waals surface area (Å²) in [6.45, 7) is 1.55. The molecule has 6 heteroatoms. The van der Waals surface area contributed by atoms with Gasteiger partial charge < -0.3 is 15.0 Å². The van der Waals surface area contributed by atoms with Crippen LogP contribution in [0.1, 0.15) is 23.8 Å². The topological polar surface area (TPSA) is 54.5 Å². The standard InChI is InChI=1S/C19H22FN3O2/c1-21-18-7-3-6-16(22-18)17-13-23(10-11-25-17)19(24)9-8-14-4-2-5-15(20)12-14/h2-7,12,17H,8-11,13H2,1H3,(H,21,22)/t17-/m1/s1. The molecule has 1 aromatic carbocycles. The summed E-state index contributed by atoms with van der Waals surface area (Å²) < 4.78 is 19.0. The van der Waals surface area contributed by atoms with Gasteiger partial charge in [-0.2, -0.15) is 0 Å². The van der Waals surface area contributed by atoms with E-state index in [9.17, 15) is 9.18 Å². The monoisotopic (exact) mass is 343 g/mol. The van der Waals surface area contributed by atoms with E-state index in [1.165, 1.54) is 12.1 Å². The number of anilines is 1. The summed E-state index contributed by atoms with van der Waals surface area (Å²) in [7, 11) is 1.82. The van der Waals surface area contributed by atoms with E-state index in [-0.39, 0.29) is 17.8 Å². The fourth-order valence-electron chi connectivity index (χ4n) is 2.93. The quantitative estimate of drug-likeness (QED) is 0.907. The lowest BCUT2D eigenvalue weighted by molar-refractivity contribution is -0.139. The van der Waals surface area contributed by atoms with Crippen molar-refractivity contribution in [1.82, 2.24) is 9.88 Å². The van der Waals surface area contributed by atoms with E-state index in [2.05, 4.69) is 10.3 Å². The molecule has 1 fully saturated rings. The van der Waals surface area contributed by atoms with Crippen LogP contribution in [0.15, 0.2) is 42.5 Å². The molecule has 5 nitrogen and oxygen atoms in total. The fourth-order valence-corrected chi connectivity index (χ4v) is 2.93. The Morgan fingerprint density at radius 2 is 2.20 bits per heavy atom. The minimum absolute atomic E-state index is 0.0577. The predicted octanol–water partition coefficient (Wildman–Crippen LogP) is 2.80. The Kier molecular flexibility index (Phi) is 5.60. The van der Waals surface area contributed by atoms with E-state index in [0.717, 1.165) is 17.1 Å². The van der Waals surface area contributed by atoms with E-state index < -0.39 is 0 Å². The van der Waals surface area contributed by atoms with Crippen molar-refractivity contribution in [1.29, 1.82) is 0 Å². The highest BCUT2D eigenvalue weighted by Crippen LogP contribution is 2.22. The van der Waals surface area contributed by atoms with Gasteiger partial charge in [0.1, 0.15) is 17.7 Å². The van der Waals surface area contributed by atoms with E-state index in [4.69, 9.17) is 4.74 Å². The number of nitrogens with zero attached hydrogens (tertiary/aromatic N) is 2. The second kappa shape index (κ2) is 8.07. The van der Waals surface area contributed by atoms with Gasteiger partial charge in [-0.25, -0.2) is 9.37 Å². The van der Waals surface area contributed by atoms with Crippen LogP contribution in [0.25, 0.3) is 0 Å². The second-order valence-electron chi connectivity index (χ2n) is 6.03. The van der Waals surface area contributed by atoms with E-state index in [0.29, 0.717) is 32.5 Å². The molecule has 0 spiro atoms. The molecule has 1 atom stereocenters. The van der Waals surface area contributed by atoms with Gasteiger partial charge in [-0.05, 0) is 36.2 Å². The van der Waals surface area contributed by atoms with Gasteiger partial charge in [-0.15, -0.1) is 0 Å². The van der Waals surface area contributed by atoms with Crippen LogP contribution < -0.4 is 5.32 Å². The molecule has 132 valence electrons. The molecule has 1 aliphatic heterocycles. The molecule has 2 aromatic rings. The van der Waals surface area contributed by atoms with Crippen LogP contribution in [0.5, 0.6) is 0 Å². The number of carbonyl (C=O) groups excluding carboxylic acids is 1. The van der Waals surface area contributed by atoms with Crippen molar-refractivity contribution in [3.8, 4) is 0 Å². The third kappa shape index (κ3) is 4.54. The Bertz CT molecular complexity index is 738. The number of hydrogen-bond acceptors (Lipinski definition) is 4. The van der Waals surface area contributed by atoms with Crippen molar-refractivity contribution in [3.63, 3.8) is 0 Å². The van der Waals surface area contributed by atoms with Crippen molar-refractivity contribution in [2.24, 2.45) is 0 Å². The summed E-state index contributed by atoms with van der Waals surface area (Å²) in [5.74, 6) is 0.560. The number of aryl methyl sites for hydroxylation is 1. The molecule has 1 N–H and O–H groups in total. The molecular weight excluding hydrogens is 321 g/mol. The first-order valence-electron chi connectivity index (χ1n) is 8.44. The van der Waals surface area contributed by atoms with Crippen LogP contribution in [-0.4, -0.2) is 42.5 Å². The number of carbonyl (C=O) groups is 1. The van der Waals surface area contributed by atoms with Crippen LogP contribution in [0, 0.1) is 5.82 Å². The van der Waals surface area contributed by atoms with Crippen molar-refractivity contribution >= 4 is 11.7 Å². The molecule has 25 heavy (non-hydrogen) atoms. The van der Waals surface area contributed by atoms with Gasteiger partial charge in [-0.1, -0.05) is 18.2 Å². The summed E-state index contributed by atoms with van der Waals surface area (Å²) >= 11 is 0. The number of pyridine rings is 1. The lowest BCUT2D eigenvalue weighted by atomic mass is 10.1. The summed E-state index contributed by atoms with van der Waals surface area (Å²) in [5, 5.41) is 3.01. The molecule has 1 amide bonds. The van der Waals surface area contributed by atoms with Crippen LogP contribution in [0.3, 0.4) is 0 Å². The zero-order valence-corrected chi connectivity index (χ0v) is 14.2. The summed E-state index contributed by atoms with van der Waals surface area (Å²) in [5.41, 5.74) is 1.65. The number of benzene rings is 1. The van der Waals surface area contributed by atoms with Crippen molar-refractivity contribution < 1.29 is 13.9 Å². The largest absolute Gasteiger partial charge is 0.373 e. The lowest BCUT2D eigenvalue weighted by Crippen LogP contribution is -2.42. The number of nitrogens with one attached hydrogen (secondary N) is 1. The first kappa shape index (κ1) is 17.4. The molecule has 1 saturated heterocycles. The molecule has 0 unspecified atom stereocenters. The smallest absolute Gasteiger partial charge is 0.223 e. The van der Waals surface area contributed by atoms with Gasteiger partial charge in [0.05, 0.1) is 18.8 Å².